The molecule has 0 aliphatic carbocycles. The summed E-state index contributed by atoms with van der Waals surface area (Å²) in [6.45, 7) is 3.13. The number of thiazole rings is 1. The van der Waals surface area contributed by atoms with Gasteiger partial charge in [-0.3, -0.25) is 9.59 Å². The zero-order valence-electron chi connectivity index (χ0n) is 13.8. The summed E-state index contributed by atoms with van der Waals surface area (Å²) in [6.07, 6.45) is 4.77. The van der Waals surface area contributed by atoms with Gasteiger partial charge in [0.2, 0.25) is 5.95 Å². The third-order valence-corrected chi connectivity index (χ3v) is 4.59. The van der Waals surface area contributed by atoms with Crippen LogP contribution < -0.4 is 5.32 Å². The van der Waals surface area contributed by atoms with Crippen LogP contribution in [0.25, 0.3) is 0 Å². The summed E-state index contributed by atoms with van der Waals surface area (Å²) < 4.78 is 5.07. The van der Waals surface area contributed by atoms with Crippen LogP contribution in [0.4, 0.5) is 11.1 Å². The molecule has 0 aromatic carbocycles. The van der Waals surface area contributed by atoms with Crippen LogP contribution in [0.1, 0.15) is 30.3 Å². The summed E-state index contributed by atoms with van der Waals surface area (Å²) in [5.74, 6) is -0.239. The molecule has 0 saturated carbocycles. The Kier molecular flexibility index (Phi) is 5.54. The van der Waals surface area contributed by atoms with Gasteiger partial charge in [-0.1, -0.05) is 0 Å². The predicted octanol–water partition coefficient (Wildman–Crippen LogP) is 2.09. The van der Waals surface area contributed by atoms with Gasteiger partial charge >= 0.3 is 5.97 Å². The molecule has 1 atom stereocenters. The van der Waals surface area contributed by atoms with Crippen molar-refractivity contribution >= 4 is 34.3 Å². The van der Waals surface area contributed by atoms with E-state index in [4.69, 9.17) is 4.74 Å². The number of carbonyl (C=O) groups is 2. The number of esters is 1. The SMILES string of the molecule is CCOC(=O)C1CCCN(C(=O)c2csc(Nc3ncccn3)n2)C1. The van der Waals surface area contributed by atoms with Crippen molar-refractivity contribution in [3.05, 3.63) is 29.5 Å². The van der Waals surface area contributed by atoms with Crippen LogP contribution >= 0.6 is 11.3 Å². The summed E-state index contributed by atoms with van der Waals surface area (Å²) in [6, 6.07) is 1.72. The largest absolute Gasteiger partial charge is 0.466 e. The monoisotopic (exact) mass is 361 g/mol. The molecule has 25 heavy (non-hydrogen) atoms. The number of anilines is 2. The highest BCUT2D eigenvalue weighted by Crippen LogP contribution is 2.23. The highest BCUT2D eigenvalue weighted by atomic mass is 32.1. The van der Waals surface area contributed by atoms with Crippen LogP contribution in [0.3, 0.4) is 0 Å². The van der Waals surface area contributed by atoms with Gasteiger partial charge in [-0.2, -0.15) is 0 Å². The molecule has 1 unspecified atom stereocenters. The molecule has 1 N–H and O–H groups in total. The van der Waals surface area contributed by atoms with E-state index in [1.165, 1.54) is 11.3 Å². The molecule has 0 spiro atoms. The Labute approximate surface area is 149 Å². The van der Waals surface area contributed by atoms with E-state index in [-0.39, 0.29) is 17.8 Å². The highest BCUT2D eigenvalue weighted by molar-refractivity contribution is 7.14. The first-order valence-corrected chi connectivity index (χ1v) is 9.01. The number of rotatable bonds is 5. The number of aromatic nitrogens is 3. The van der Waals surface area contributed by atoms with Crippen LogP contribution in [0.5, 0.6) is 0 Å². The Morgan fingerprint density at radius 1 is 1.40 bits per heavy atom. The second kappa shape index (κ2) is 8.02. The number of piperidine rings is 1. The molecule has 8 nitrogen and oxygen atoms in total. The van der Waals surface area contributed by atoms with Gasteiger partial charge in [-0.05, 0) is 25.8 Å². The van der Waals surface area contributed by atoms with E-state index in [0.29, 0.717) is 36.5 Å². The maximum Gasteiger partial charge on any atom is 0.310 e. The number of ether oxygens (including phenoxy) is 1. The van der Waals surface area contributed by atoms with Crippen molar-refractivity contribution in [1.82, 2.24) is 19.9 Å². The molecule has 0 radical (unpaired) electrons. The van der Waals surface area contributed by atoms with Crippen molar-refractivity contribution in [2.75, 3.05) is 25.0 Å². The molecule has 132 valence electrons. The van der Waals surface area contributed by atoms with Gasteiger partial charge in [0.05, 0.1) is 12.5 Å². The van der Waals surface area contributed by atoms with Crippen LogP contribution in [-0.2, 0) is 9.53 Å². The lowest BCUT2D eigenvalue weighted by molar-refractivity contribution is -0.149. The first kappa shape index (κ1) is 17.3. The summed E-state index contributed by atoms with van der Waals surface area (Å²) >= 11 is 1.31. The van der Waals surface area contributed by atoms with Crippen LogP contribution in [0.15, 0.2) is 23.8 Å². The third-order valence-electron chi connectivity index (χ3n) is 3.84. The van der Waals surface area contributed by atoms with Gasteiger partial charge in [-0.15, -0.1) is 11.3 Å². The Morgan fingerprint density at radius 2 is 2.20 bits per heavy atom. The van der Waals surface area contributed by atoms with Crippen molar-refractivity contribution in [3.63, 3.8) is 0 Å². The van der Waals surface area contributed by atoms with Crippen molar-refractivity contribution in [2.24, 2.45) is 5.92 Å². The zero-order chi connectivity index (χ0) is 17.6. The number of nitrogens with one attached hydrogen (secondary N) is 1. The van der Waals surface area contributed by atoms with Gasteiger partial charge in [0.15, 0.2) is 5.13 Å². The number of hydrogen-bond acceptors (Lipinski definition) is 8. The van der Waals surface area contributed by atoms with Gasteiger partial charge in [0, 0.05) is 30.9 Å². The number of nitrogens with zero attached hydrogens (tertiary/aromatic N) is 4. The van der Waals surface area contributed by atoms with Crippen molar-refractivity contribution in [2.45, 2.75) is 19.8 Å². The fourth-order valence-electron chi connectivity index (χ4n) is 2.66. The predicted molar refractivity (Wildman–Crippen MR) is 92.7 cm³/mol. The Bertz CT molecular complexity index is 736. The van der Waals surface area contributed by atoms with Gasteiger partial charge in [0.1, 0.15) is 5.69 Å². The van der Waals surface area contributed by atoms with Crippen LogP contribution in [0.2, 0.25) is 0 Å². The third kappa shape index (κ3) is 4.30. The van der Waals surface area contributed by atoms with E-state index in [1.54, 1.807) is 35.7 Å². The maximum atomic E-state index is 12.7. The standard InChI is InChI=1S/C16H19N5O3S/c1-2-24-14(23)11-5-3-8-21(9-11)13(22)12-10-25-16(19-12)20-15-17-6-4-7-18-15/h4,6-7,10-11H,2-3,5,8-9H2,1H3,(H,17,18,19,20). The van der Waals surface area contributed by atoms with Crippen molar-refractivity contribution in [3.8, 4) is 0 Å². The van der Waals surface area contributed by atoms with Gasteiger partial charge in [0.25, 0.3) is 5.91 Å². The lowest BCUT2D eigenvalue weighted by Crippen LogP contribution is -2.42. The van der Waals surface area contributed by atoms with Crippen molar-refractivity contribution in [1.29, 1.82) is 0 Å². The molecule has 9 heteroatoms. The van der Waals surface area contributed by atoms with E-state index in [1.807, 2.05) is 0 Å². The van der Waals surface area contributed by atoms with E-state index in [9.17, 15) is 9.59 Å². The highest BCUT2D eigenvalue weighted by Gasteiger charge is 2.30. The summed E-state index contributed by atoms with van der Waals surface area (Å²) in [4.78, 5) is 38.7. The number of carbonyl (C=O) groups excluding carboxylic acids is 2. The minimum Gasteiger partial charge on any atom is -0.466 e. The smallest absolute Gasteiger partial charge is 0.310 e. The molecular formula is C16H19N5O3S. The second-order valence-electron chi connectivity index (χ2n) is 5.58. The number of likely N-dealkylation sites (tertiary alicyclic amines) is 1. The molecule has 0 bridgehead atoms. The normalized spacial score (nSPS) is 17.2. The molecule has 1 saturated heterocycles. The molecule has 3 heterocycles. The van der Waals surface area contributed by atoms with E-state index < -0.39 is 0 Å². The maximum absolute atomic E-state index is 12.7. The molecule has 1 fully saturated rings. The first-order chi connectivity index (χ1) is 12.2. The number of amides is 1. The molecule has 1 aliphatic rings. The Balaban J connectivity index is 1.64. The lowest BCUT2D eigenvalue weighted by Gasteiger charge is -2.31. The van der Waals surface area contributed by atoms with Gasteiger partial charge < -0.3 is 15.0 Å². The minimum absolute atomic E-state index is 0.174. The lowest BCUT2D eigenvalue weighted by atomic mass is 9.98. The quantitative estimate of drug-likeness (QED) is 0.814. The topological polar surface area (TPSA) is 97.3 Å². The molecule has 2 aromatic rings. The Morgan fingerprint density at radius 3 is 2.96 bits per heavy atom. The fourth-order valence-corrected chi connectivity index (χ4v) is 3.34. The second-order valence-corrected chi connectivity index (χ2v) is 6.44. The zero-order valence-corrected chi connectivity index (χ0v) is 14.7. The van der Waals surface area contributed by atoms with Gasteiger partial charge in [-0.25, -0.2) is 15.0 Å². The van der Waals surface area contributed by atoms with E-state index in [2.05, 4.69) is 20.3 Å². The van der Waals surface area contributed by atoms with E-state index in [0.717, 1.165) is 12.8 Å². The first-order valence-electron chi connectivity index (χ1n) is 8.13. The molecule has 3 rings (SSSR count). The molecule has 1 amide bonds. The Hall–Kier alpha value is -2.55. The number of hydrogen-bond donors (Lipinski definition) is 1. The van der Waals surface area contributed by atoms with Crippen LogP contribution in [0, 0.1) is 5.92 Å². The van der Waals surface area contributed by atoms with E-state index >= 15 is 0 Å². The summed E-state index contributed by atoms with van der Waals surface area (Å²) in [5, 5.41) is 5.21. The summed E-state index contributed by atoms with van der Waals surface area (Å²) in [7, 11) is 0. The average molecular weight is 361 g/mol. The van der Waals surface area contributed by atoms with Crippen LogP contribution in [-0.4, -0.2) is 51.4 Å². The average Bonchev–Trinajstić information content (AvgIpc) is 3.11. The molecule has 1 aliphatic heterocycles. The fraction of sp³-hybridized carbons (Fsp3) is 0.438. The molecule has 2 aromatic heterocycles. The summed E-state index contributed by atoms with van der Waals surface area (Å²) in [5.41, 5.74) is 0.355. The van der Waals surface area contributed by atoms with Crippen molar-refractivity contribution < 1.29 is 14.3 Å². The molecular weight excluding hydrogens is 342 g/mol. The minimum atomic E-state index is -0.258.